The van der Waals surface area contributed by atoms with Crippen LogP contribution < -0.4 is 4.74 Å². The zero-order chi connectivity index (χ0) is 10.2. The summed E-state index contributed by atoms with van der Waals surface area (Å²) < 4.78 is 5.72. The fourth-order valence-corrected chi connectivity index (χ4v) is 1.50. The number of nitriles is 1. The van der Waals surface area contributed by atoms with Gasteiger partial charge in [-0.25, -0.2) is 0 Å². The van der Waals surface area contributed by atoms with E-state index in [-0.39, 0.29) is 5.60 Å². The molecule has 0 fully saturated rings. The van der Waals surface area contributed by atoms with Gasteiger partial charge in [0.2, 0.25) is 0 Å². The summed E-state index contributed by atoms with van der Waals surface area (Å²) in [5.41, 5.74) is 1.27. The number of benzene rings is 1. The Morgan fingerprint density at radius 3 is 2.86 bits per heavy atom. The Kier molecular flexibility index (Phi) is 1.82. The van der Waals surface area contributed by atoms with E-state index < -0.39 is 0 Å². The Bertz CT molecular complexity index is 438. The van der Waals surface area contributed by atoms with E-state index in [1.54, 1.807) is 6.07 Å². The van der Waals surface area contributed by atoms with Crippen molar-refractivity contribution in [3.63, 3.8) is 0 Å². The van der Waals surface area contributed by atoms with Gasteiger partial charge in [-0.2, -0.15) is 5.26 Å². The highest BCUT2D eigenvalue weighted by Gasteiger charge is 2.22. The fourth-order valence-electron chi connectivity index (χ4n) is 1.50. The summed E-state index contributed by atoms with van der Waals surface area (Å²) in [5, 5.41) is 8.88. The molecule has 0 saturated carbocycles. The highest BCUT2D eigenvalue weighted by atomic mass is 16.5. The van der Waals surface area contributed by atoms with Gasteiger partial charge in [-0.15, -0.1) is 0 Å². The number of hydrogen-bond donors (Lipinski definition) is 0. The number of nitrogens with zero attached hydrogens (tertiary/aromatic N) is 1. The standard InChI is InChI=1S/C12H11NO/c1-12(2)7-6-10-9(8-13)4-3-5-11(10)14-12/h3-7H,1-2H3. The topological polar surface area (TPSA) is 33.0 Å². The molecule has 0 aromatic heterocycles. The summed E-state index contributed by atoms with van der Waals surface area (Å²) in [4.78, 5) is 0. The van der Waals surface area contributed by atoms with Crippen molar-refractivity contribution in [2.75, 3.05) is 0 Å². The molecule has 1 aliphatic rings. The van der Waals surface area contributed by atoms with Crippen LogP contribution in [-0.2, 0) is 0 Å². The minimum atomic E-state index is -0.277. The zero-order valence-electron chi connectivity index (χ0n) is 8.24. The Morgan fingerprint density at radius 2 is 2.14 bits per heavy atom. The molecule has 2 rings (SSSR count). The van der Waals surface area contributed by atoms with E-state index in [1.807, 2.05) is 38.1 Å². The van der Waals surface area contributed by atoms with Crippen LogP contribution in [0.4, 0.5) is 0 Å². The average Bonchev–Trinajstić information content (AvgIpc) is 2.15. The molecule has 0 spiro atoms. The molecule has 0 saturated heterocycles. The second kappa shape index (κ2) is 2.88. The maximum absolute atomic E-state index is 8.88. The molecule has 0 unspecified atom stereocenters. The maximum atomic E-state index is 8.88. The van der Waals surface area contributed by atoms with Crippen molar-refractivity contribution in [1.82, 2.24) is 0 Å². The molecule has 0 amide bonds. The van der Waals surface area contributed by atoms with E-state index in [4.69, 9.17) is 10.00 Å². The van der Waals surface area contributed by atoms with E-state index in [0.29, 0.717) is 5.56 Å². The SMILES string of the molecule is CC1(C)C=Cc2c(C#N)cccc2O1. The monoisotopic (exact) mass is 185 g/mol. The molecule has 1 aromatic rings. The van der Waals surface area contributed by atoms with Crippen molar-refractivity contribution in [1.29, 1.82) is 5.26 Å². The second-order valence-electron chi connectivity index (χ2n) is 3.87. The van der Waals surface area contributed by atoms with Crippen LogP contribution in [0.3, 0.4) is 0 Å². The van der Waals surface area contributed by atoms with Gasteiger partial charge in [-0.1, -0.05) is 12.1 Å². The molecule has 0 atom stereocenters. The fraction of sp³-hybridized carbons (Fsp3) is 0.250. The Hall–Kier alpha value is -1.75. The van der Waals surface area contributed by atoms with Gasteiger partial charge < -0.3 is 4.74 Å². The Balaban J connectivity index is 2.57. The Morgan fingerprint density at radius 1 is 1.36 bits per heavy atom. The molecule has 2 nitrogen and oxygen atoms in total. The lowest BCUT2D eigenvalue weighted by molar-refractivity contribution is 0.159. The van der Waals surface area contributed by atoms with Crippen LogP contribution >= 0.6 is 0 Å². The molecule has 70 valence electrons. The largest absolute Gasteiger partial charge is 0.483 e. The molecule has 1 aromatic carbocycles. The van der Waals surface area contributed by atoms with Gasteiger partial charge in [0.05, 0.1) is 11.6 Å². The highest BCUT2D eigenvalue weighted by molar-refractivity contribution is 5.67. The van der Waals surface area contributed by atoms with E-state index in [0.717, 1.165) is 11.3 Å². The third kappa shape index (κ3) is 1.38. The zero-order valence-corrected chi connectivity index (χ0v) is 8.24. The third-order valence-electron chi connectivity index (χ3n) is 2.21. The van der Waals surface area contributed by atoms with Crippen LogP contribution in [0.2, 0.25) is 0 Å². The minimum Gasteiger partial charge on any atom is -0.483 e. The number of ether oxygens (including phenoxy) is 1. The van der Waals surface area contributed by atoms with Crippen LogP contribution in [0.5, 0.6) is 5.75 Å². The van der Waals surface area contributed by atoms with Gasteiger partial charge in [0, 0.05) is 5.56 Å². The van der Waals surface area contributed by atoms with Gasteiger partial charge >= 0.3 is 0 Å². The van der Waals surface area contributed by atoms with Gasteiger partial charge in [0.1, 0.15) is 11.4 Å². The molecule has 0 bridgehead atoms. The van der Waals surface area contributed by atoms with E-state index in [9.17, 15) is 0 Å². The van der Waals surface area contributed by atoms with Crippen LogP contribution in [-0.4, -0.2) is 5.60 Å². The minimum absolute atomic E-state index is 0.277. The first-order chi connectivity index (χ1) is 6.62. The third-order valence-corrected chi connectivity index (χ3v) is 2.21. The highest BCUT2D eigenvalue weighted by Crippen LogP contribution is 2.32. The van der Waals surface area contributed by atoms with Crippen molar-refractivity contribution in [3.8, 4) is 11.8 Å². The lowest BCUT2D eigenvalue weighted by Crippen LogP contribution is -2.27. The summed E-state index contributed by atoms with van der Waals surface area (Å²) in [5.74, 6) is 0.788. The molecule has 2 heteroatoms. The molecule has 0 aliphatic carbocycles. The number of hydrogen-bond acceptors (Lipinski definition) is 2. The first-order valence-corrected chi connectivity index (χ1v) is 4.54. The van der Waals surface area contributed by atoms with Crippen LogP contribution in [0.1, 0.15) is 25.0 Å². The van der Waals surface area contributed by atoms with Gasteiger partial charge in [-0.05, 0) is 32.1 Å². The van der Waals surface area contributed by atoms with E-state index >= 15 is 0 Å². The first-order valence-electron chi connectivity index (χ1n) is 4.54. The maximum Gasteiger partial charge on any atom is 0.129 e. The van der Waals surface area contributed by atoms with Crippen molar-refractivity contribution >= 4 is 6.08 Å². The van der Waals surface area contributed by atoms with Crippen LogP contribution in [0, 0.1) is 11.3 Å². The van der Waals surface area contributed by atoms with Crippen molar-refractivity contribution < 1.29 is 4.74 Å². The van der Waals surface area contributed by atoms with Crippen molar-refractivity contribution in [2.45, 2.75) is 19.4 Å². The summed E-state index contributed by atoms with van der Waals surface area (Å²) in [6, 6.07) is 7.68. The lowest BCUT2D eigenvalue weighted by Gasteiger charge is -2.27. The number of fused-ring (bicyclic) bond motifs is 1. The molecular weight excluding hydrogens is 174 g/mol. The second-order valence-corrected chi connectivity index (χ2v) is 3.87. The first kappa shape index (κ1) is 8.83. The quantitative estimate of drug-likeness (QED) is 0.622. The van der Waals surface area contributed by atoms with Gasteiger partial charge in [0.25, 0.3) is 0 Å². The van der Waals surface area contributed by atoms with Crippen LogP contribution in [0.15, 0.2) is 24.3 Å². The van der Waals surface area contributed by atoms with Crippen LogP contribution in [0.25, 0.3) is 6.08 Å². The summed E-state index contributed by atoms with van der Waals surface area (Å²) in [6.45, 7) is 3.98. The molecular formula is C12H11NO. The van der Waals surface area contributed by atoms with Gasteiger partial charge in [0.15, 0.2) is 0 Å². The molecule has 1 heterocycles. The summed E-state index contributed by atoms with van der Waals surface area (Å²) >= 11 is 0. The molecule has 0 radical (unpaired) electrons. The number of rotatable bonds is 0. The summed E-state index contributed by atoms with van der Waals surface area (Å²) in [6.07, 6.45) is 3.92. The van der Waals surface area contributed by atoms with Gasteiger partial charge in [-0.3, -0.25) is 0 Å². The Labute approximate surface area is 83.4 Å². The lowest BCUT2D eigenvalue weighted by atomic mass is 9.99. The molecule has 14 heavy (non-hydrogen) atoms. The molecule has 1 aliphatic heterocycles. The average molecular weight is 185 g/mol. The normalized spacial score (nSPS) is 16.6. The smallest absolute Gasteiger partial charge is 0.129 e. The molecule has 0 N–H and O–H groups in total. The predicted molar refractivity (Wildman–Crippen MR) is 54.9 cm³/mol. The summed E-state index contributed by atoms with van der Waals surface area (Å²) in [7, 11) is 0. The van der Waals surface area contributed by atoms with Crippen molar-refractivity contribution in [2.24, 2.45) is 0 Å². The predicted octanol–water partition coefficient (Wildman–Crippen LogP) is 2.74. The van der Waals surface area contributed by atoms with E-state index in [1.165, 1.54) is 0 Å². The van der Waals surface area contributed by atoms with E-state index in [2.05, 4.69) is 6.07 Å². The van der Waals surface area contributed by atoms with Crippen molar-refractivity contribution in [3.05, 3.63) is 35.4 Å².